The zero-order chi connectivity index (χ0) is 19.8. The molecule has 27 heavy (non-hydrogen) atoms. The monoisotopic (exact) mass is 394 g/mol. The molecule has 0 N–H and O–H groups in total. The van der Waals surface area contributed by atoms with E-state index in [-0.39, 0.29) is 27.9 Å². The van der Waals surface area contributed by atoms with Crippen LogP contribution in [-0.4, -0.2) is 58.8 Å². The number of hydrogen-bond donors (Lipinski definition) is 0. The Labute approximate surface area is 157 Å². The second-order valence-electron chi connectivity index (χ2n) is 6.56. The summed E-state index contributed by atoms with van der Waals surface area (Å²) < 4.78 is 33.5. The lowest BCUT2D eigenvalue weighted by molar-refractivity contribution is 0.0721. The third kappa shape index (κ3) is 3.48. The Balaban J connectivity index is 1.77. The molecule has 1 fully saturated rings. The fourth-order valence-corrected chi connectivity index (χ4v) is 5.06. The van der Waals surface area contributed by atoms with Gasteiger partial charge in [-0.25, -0.2) is 13.4 Å². The predicted molar refractivity (Wildman–Crippen MR) is 97.6 cm³/mol. The van der Waals surface area contributed by atoms with Crippen molar-refractivity contribution in [3.8, 4) is 5.75 Å². The fourth-order valence-electron chi connectivity index (χ4n) is 3.26. The van der Waals surface area contributed by atoms with E-state index in [2.05, 4.69) is 4.98 Å². The number of methoxy groups -OCH3 is 1. The van der Waals surface area contributed by atoms with E-state index in [1.54, 1.807) is 25.2 Å². The first-order chi connectivity index (χ1) is 12.8. The molecule has 0 spiro atoms. The number of nitrogens with zero attached hydrogens (tertiary/aromatic N) is 4. The largest absolute Gasteiger partial charge is 0.496 e. The van der Waals surface area contributed by atoms with Gasteiger partial charge in [-0.1, -0.05) is 0 Å². The summed E-state index contributed by atoms with van der Waals surface area (Å²) in [5.41, 5.74) is 0.00766. The van der Waals surface area contributed by atoms with E-state index < -0.39 is 15.1 Å². The Morgan fingerprint density at radius 2 is 1.89 bits per heavy atom. The molecule has 3 heterocycles. The average Bonchev–Trinajstić information content (AvgIpc) is 3.10. The molecule has 2 aromatic rings. The summed E-state index contributed by atoms with van der Waals surface area (Å²) in [6.07, 6.45) is 5.15. The van der Waals surface area contributed by atoms with Gasteiger partial charge in [0.1, 0.15) is 5.75 Å². The molecule has 0 atom stereocenters. The minimum atomic E-state index is -3.54. The van der Waals surface area contributed by atoms with Crippen molar-refractivity contribution in [2.75, 3.05) is 20.2 Å². The van der Waals surface area contributed by atoms with Gasteiger partial charge < -0.3 is 18.8 Å². The van der Waals surface area contributed by atoms with Crippen molar-refractivity contribution < 1.29 is 17.9 Å². The van der Waals surface area contributed by atoms with Gasteiger partial charge in [-0.05, 0) is 12.8 Å². The minimum Gasteiger partial charge on any atom is -0.496 e. The minimum absolute atomic E-state index is 0.0482. The maximum Gasteiger partial charge on any atom is 0.259 e. The number of hydrogen-bond acceptors (Lipinski definition) is 6. The number of piperidine rings is 1. The standard InChI is InChI=1S/C17H22N4O5S/c1-19-9-6-18-17(19)27(24,25)12-4-7-21(8-5-12)16(23)13-11-20(2)15(22)10-14(13)26-3/h6,9-12H,4-5,7-8H2,1-3H3. The molecule has 1 aliphatic rings. The van der Waals surface area contributed by atoms with Crippen LogP contribution in [0.3, 0.4) is 0 Å². The summed E-state index contributed by atoms with van der Waals surface area (Å²) in [5, 5.41) is -0.531. The maximum absolute atomic E-state index is 12.8. The number of rotatable bonds is 4. The van der Waals surface area contributed by atoms with Crippen molar-refractivity contribution in [3.63, 3.8) is 0 Å². The lowest BCUT2D eigenvalue weighted by Crippen LogP contribution is -2.43. The lowest BCUT2D eigenvalue weighted by atomic mass is 10.1. The summed E-state index contributed by atoms with van der Waals surface area (Å²) in [5.74, 6) is -0.0684. The first kappa shape index (κ1) is 19.2. The SMILES string of the molecule is COc1cc(=O)n(C)cc1C(=O)N1CCC(S(=O)(=O)c2nccn2C)CC1. The molecular formula is C17H22N4O5S. The van der Waals surface area contributed by atoms with Gasteiger partial charge in [-0.2, -0.15) is 0 Å². The van der Waals surface area contributed by atoms with Crippen LogP contribution in [0.1, 0.15) is 23.2 Å². The maximum atomic E-state index is 12.8. The molecule has 3 rings (SSSR count). The second kappa shape index (κ2) is 7.18. The van der Waals surface area contributed by atoms with Crippen molar-refractivity contribution >= 4 is 15.7 Å². The average molecular weight is 394 g/mol. The van der Waals surface area contributed by atoms with E-state index in [1.165, 1.54) is 34.7 Å². The molecule has 2 aromatic heterocycles. The summed E-state index contributed by atoms with van der Waals surface area (Å²) in [4.78, 5) is 30.1. The summed E-state index contributed by atoms with van der Waals surface area (Å²) in [7, 11) is 1.06. The van der Waals surface area contributed by atoms with Crippen molar-refractivity contribution in [2.24, 2.45) is 14.1 Å². The Bertz CT molecular complexity index is 1020. The Hall–Kier alpha value is -2.62. The highest BCUT2D eigenvalue weighted by Gasteiger charge is 2.35. The van der Waals surface area contributed by atoms with E-state index in [0.29, 0.717) is 25.9 Å². The van der Waals surface area contributed by atoms with Gasteiger partial charge in [0.25, 0.3) is 11.5 Å². The van der Waals surface area contributed by atoms with E-state index in [4.69, 9.17) is 4.74 Å². The molecule has 0 aromatic carbocycles. The molecule has 0 bridgehead atoms. The third-order valence-corrected chi connectivity index (χ3v) is 7.09. The van der Waals surface area contributed by atoms with E-state index in [1.807, 2.05) is 0 Å². The zero-order valence-corrected chi connectivity index (χ0v) is 16.3. The van der Waals surface area contributed by atoms with Gasteiger partial charge in [0, 0.05) is 51.8 Å². The smallest absolute Gasteiger partial charge is 0.259 e. The molecule has 10 heteroatoms. The molecule has 0 unspecified atom stereocenters. The van der Waals surface area contributed by atoms with Crippen LogP contribution in [0.25, 0.3) is 0 Å². The first-order valence-electron chi connectivity index (χ1n) is 8.51. The molecular weight excluding hydrogens is 372 g/mol. The van der Waals surface area contributed by atoms with Crippen LogP contribution in [-0.2, 0) is 23.9 Å². The molecule has 0 radical (unpaired) electrons. The normalized spacial score (nSPS) is 15.7. The number of aryl methyl sites for hydroxylation is 2. The predicted octanol–water partition coefficient (Wildman–Crippen LogP) is 0.206. The quantitative estimate of drug-likeness (QED) is 0.734. The van der Waals surface area contributed by atoms with E-state index in [9.17, 15) is 18.0 Å². The molecule has 0 aliphatic carbocycles. The van der Waals surface area contributed by atoms with Gasteiger partial charge >= 0.3 is 0 Å². The van der Waals surface area contributed by atoms with E-state index >= 15 is 0 Å². The highest BCUT2D eigenvalue weighted by Crippen LogP contribution is 2.25. The zero-order valence-electron chi connectivity index (χ0n) is 15.5. The number of sulfone groups is 1. The van der Waals surface area contributed by atoms with Crippen LogP contribution in [0.2, 0.25) is 0 Å². The van der Waals surface area contributed by atoms with Crippen molar-refractivity contribution in [1.82, 2.24) is 19.0 Å². The van der Waals surface area contributed by atoms with E-state index in [0.717, 1.165) is 0 Å². The number of carbonyl (C=O) groups excluding carboxylic acids is 1. The second-order valence-corrected chi connectivity index (χ2v) is 8.68. The van der Waals surface area contributed by atoms with Crippen LogP contribution >= 0.6 is 0 Å². The molecule has 0 saturated carbocycles. The van der Waals surface area contributed by atoms with Crippen LogP contribution < -0.4 is 10.3 Å². The number of aromatic nitrogens is 3. The number of pyridine rings is 1. The van der Waals surface area contributed by atoms with Gasteiger partial charge in [-0.3, -0.25) is 9.59 Å². The number of amides is 1. The van der Waals surface area contributed by atoms with Gasteiger partial charge in [0.05, 0.1) is 17.9 Å². The topological polar surface area (TPSA) is 104 Å². The third-order valence-electron chi connectivity index (χ3n) is 4.84. The van der Waals surface area contributed by atoms with Crippen LogP contribution in [0, 0.1) is 0 Å². The van der Waals surface area contributed by atoms with Crippen molar-refractivity contribution in [2.45, 2.75) is 23.2 Å². The summed E-state index contributed by atoms with van der Waals surface area (Å²) >= 11 is 0. The highest BCUT2D eigenvalue weighted by atomic mass is 32.2. The molecule has 146 valence electrons. The molecule has 9 nitrogen and oxygen atoms in total. The number of ether oxygens (including phenoxy) is 1. The number of imidazole rings is 1. The molecule has 1 amide bonds. The summed E-state index contributed by atoms with van der Waals surface area (Å²) in [6.45, 7) is 0.609. The van der Waals surface area contributed by atoms with Crippen molar-refractivity contribution in [3.05, 3.63) is 40.6 Å². The number of carbonyl (C=O) groups is 1. The van der Waals surface area contributed by atoms with Crippen molar-refractivity contribution in [1.29, 1.82) is 0 Å². The van der Waals surface area contributed by atoms with Gasteiger partial charge in [0.2, 0.25) is 15.0 Å². The van der Waals surface area contributed by atoms with Crippen LogP contribution in [0.5, 0.6) is 5.75 Å². The van der Waals surface area contributed by atoms with Crippen LogP contribution in [0.15, 0.2) is 34.6 Å². The Kier molecular flexibility index (Phi) is 5.09. The summed E-state index contributed by atoms with van der Waals surface area (Å²) in [6, 6.07) is 1.27. The number of likely N-dealkylation sites (tertiary alicyclic amines) is 1. The molecule has 1 aliphatic heterocycles. The van der Waals surface area contributed by atoms with Crippen LogP contribution in [0.4, 0.5) is 0 Å². The Morgan fingerprint density at radius 3 is 2.44 bits per heavy atom. The molecule has 1 saturated heterocycles. The first-order valence-corrected chi connectivity index (χ1v) is 10.1. The Morgan fingerprint density at radius 1 is 1.22 bits per heavy atom. The fraction of sp³-hybridized carbons (Fsp3) is 0.471. The lowest BCUT2D eigenvalue weighted by Gasteiger charge is -2.31. The van der Waals surface area contributed by atoms with Gasteiger partial charge in [-0.15, -0.1) is 0 Å². The van der Waals surface area contributed by atoms with Gasteiger partial charge in [0.15, 0.2) is 0 Å². The highest BCUT2D eigenvalue weighted by molar-refractivity contribution is 7.91.